The van der Waals surface area contributed by atoms with E-state index in [9.17, 15) is 0 Å². The maximum atomic E-state index is 5.85. The summed E-state index contributed by atoms with van der Waals surface area (Å²) in [6.07, 6.45) is 3.71. The number of likely N-dealkylation sites (tertiary alicyclic amines) is 1. The predicted octanol–water partition coefficient (Wildman–Crippen LogP) is 3.12. The van der Waals surface area contributed by atoms with Crippen LogP contribution < -0.4 is 20.1 Å². The summed E-state index contributed by atoms with van der Waals surface area (Å²) in [5, 5.41) is 7.45. The summed E-state index contributed by atoms with van der Waals surface area (Å²) in [5.74, 6) is 2.50. The van der Waals surface area contributed by atoms with Gasteiger partial charge in [-0.1, -0.05) is 17.7 Å². The number of rotatable bonds is 9. The summed E-state index contributed by atoms with van der Waals surface area (Å²) in [6.45, 7) is 6.46. The molecule has 168 valence electrons. The van der Waals surface area contributed by atoms with E-state index in [0.29, 0.717) is 17.7 Å². The number of pyridine rings is 1. The molecule has 31 heavy (non-hydrogen) atoms. The maximum Gasteiger partial charge on any atom is 0.191 e. The van der Waals surface area contributed by atoms with Crippen molar-refractivity contribution in [2.24, 2.45) is 4.99 Å². The van der Waals surface area contributed by atoms with Crippen molar-refractivity contribution in [1.82, 2.24) is 20.5 Å². The zero-order chi connectivity index (χ0) is 22.1. The van der Waals surface area contributed by atoms with Gasteiger partial charge in [0, 0.05) is 51.0 Å². The van der Waals surface area contributed by atoms with Gasteiger partial charge in [0.05, 0.1) is 14.2 Å². The van der Waals surface area contributed by atoms with Crippen LogP contribution in [0.4, 0.5) is 0 Å². The van der Waals surface area contributed by atoms with Gasteiger partial charge in [0.2, 0.25) is 0 Å². The van der Waals surface area contributed by atoms with Gasteiger partial charge in [-0.2, -0.15) is 0 Å². The van der Waals surface area contributed by atoms with Crippen molar-refractivity contribution >= 4 is 17.6 Å². The molecule has 7 nitrogen and oxygen atoms in total. The maximum absolute atomic E-state index is 5.85. The van der Waals surface area contributed by atoms with Crippen LogP contribution in [0.5, 0.6) is 11.5 Å². The minimum Gasteiger partial charge on any atom is -0.497 e. The first-order chi connectivity index (χ1) is 15.1. The van der Waals surface area contributed by atoms with Crippen LogP contribution in [0.15, 0.2) is 41.5 Å². The topological polar surface area (TPSA) is 71.0 Å². The highest BCUT2D eigenvalue weighted by Crippen LogP contribution is 2.24. The first-order valence-corrected chi connectivity index (χ1v) is 11.1. The Balaban J connectivity index is 1.52. The molecule has 1 saturated heterocycles. The molecule has 2 N–H and O–H groups in total. The molecule has 0 spiro atoms. The molecule has 0 bridgehead atoms. The minimum absolute atomic E-state index is 0.363. The number of hydrogen-bond acceptors (Lipinski definition) is 5. The first-order valence-electron chi connectivity index (χ1n) is 10.7. The zero-order valence-electron chi connectivity index (χ0n) is 18.5. The van der Waals surface area contributed by atoms with E-state index in [1.54, 1.807) is 20.4 Å². The molecular formula is C23H32ClN5O2. The lowest BCUT2D eigenvalue weighted by molar-refractivity contribution is 0.321. The van der Waals surface area contributed by atoms with Crippen molar-refractivity contribution in [3.63, 3.8) is 0 Å². The number of ether oxygens (including phenoxy) is 2. The average molecular weight is 446 g/mol. The number of methoxy groups -OCH3 is 2. The van der Waals surface area contributed by atoms with Gasteiger partial charge >= 0.3 is 0 Å². The summed E-state index contributed by atoms with van der Waals surface area (Å²) >= 11 is 5.85. The molecule has 0 aliphatic carbocycles. The van der Waals surface area contributed by atoms with E-state index in [-0.39, 0.29) is 0 Å². The molecule has 0 amide bonds. The average Bonchev–Trinajstić information content (AvgIpc) is 3.21. The monoisotopic (exact) mass is 445 g/mol. The van der Waals surface area contributed by atoms with E-state index < -0.39 is 0 Å². The van der Waals surface area contributed by atoms with Gasteiger partial charge in [-0.15, -0.1) is 0 Å². The Morgan fingerprint density at radius 2 is 1.97 bits per heavy atom. The molecule has 2 heterocycles. The number of halogens is 1. The summed E-state index contributed by atoms with van der Waals surface area (Å²) in [5.41, 5.74) is 2.32. The minimum atomic E-state index is 0.363. The standard InChI is InChI=1S/C23H32ClN5O2/c1-4-25-23(26-9-7-17-5-6-22(24)27-14-17)28-19-8-10-29(16-19)15-18-11-20(30-2)13-21(12-18)31-3/h5-6,11-14,19H,4,7-10,15-16H2,1-3H3,(H2,25,26,28). The van der Waals surface area contributed by atoms with Crippen LogP contribution in [0.1, 0.15) is 24.5 Å². The SMILES string of the molecule is CCNC(=NCCc1ccc(Cl)nc1)NC1CCN(Cc2cc(OC)cc(OC)c2)C1. The van der Waals surface area contributed by atoms with Crippen molar-refractivity contribution in [3.8, 4) is 11.5 Å². The zero-order valence-corrected chi connectivity index (χ0v) is 19.3. The number of guanidine groups is 1. The van der Waals surface area contributed by atoms with Gasteiger partial charge < -0.3 is 20.1 Å². The second kappa shape index (κ2) is 11.8. The Morgan fingerprint density at radius 3 is 2.61 bits per heavy atom. The molecule has 0 saturated carbocycles. The van der Waals surface area contributed by atoms with Crippen LogP contribution in [0.25, 0.3) is 0 Å². The molecule has 1 aliphatic rings. The Morgan fingerprint density at radius 1 is 1.19 bits per heavy atom. The van der Waals surface area contributed by atoms with Gasteiger partial charge in [-0.3, -0.25) is 9.89 Å². The molecule has 2 aromatic rings. The highest BCUT2D eigenvalue weighted by Gasteiger charge is 2.23. The molecule has 1 fully saturated rings. The number of hydrogen-bond donors (Lipinski definition) is 2. The third-order valence-corrected chi connectivity index (χ3v) is 5.46. The lowest BCUT2D eigenvalue weighted by Gasteiger charge is -2.19. The van der Waals surface area contributed by atoms with E-state index in [1.807, 2.05) is 18.2 Å². The van der Waals surface area contributed by atoms with E-state index >= 15 is 0 Å². The molecule has 1 aromatic carbocycles. The predicted molar refractivity (Wildman–Crippen MR) is 125 cm³/mol. The third kappa shape index (κ3) is 7.29. The van der Waals surface area contributed by atoms with Gasteiger partial charge in [-0.05, 0) is 49.1 Å². The van der Waals surface area contributed by atoms with Crippen LogP contribution in [-0.2, 0) is 13.0 Å². The smallest absolute Gasteiger partial charge is 0.191 e. The van der Waals surface area contributed by atoms with Crippen LogP contribution >= 0.6 is 11.6 Å². The second-order valence-electron chi connectivity index (χ2n) is 7.59. The van der Waals surface area contributed by atoms with Crippen molar-refractivity contribution in [2.45, 2.75) is 32.4 Å². The number of aromatic nitrogens is 1. The Labute approximate surface area is 189 Å². The highest BCUT2D eigenvalue weighted by atomic mass is 35.5. The van der Waals surface area contributed by atoms with E-state index in [4.69, 9.17) is 26.1 Å². The molecular weight excluding hydrogens is 414 g/mol. The Hall–Kier alpha value is -2.51. The fourth-order valence-corrected chi connectivity index (χ4v) is 3.79. The molecule has 1 aromatic heterocycles. The molecule has 3 rings (SSSR count). The van der Waals surface area contributed by atoms with Crippen LogP contribution in [-0.4, -0.2) is 62.3 Å². The molecule has 0 radical (unpaired) electrons. The summed E-state index contributed by atoms with van der Waals surface area (Å²) in [6, 6.07) is 10.2. The van der Waals surface area contributed by atoms with Gasteiger partial charge in [0.15, 0.2) is 5.96 Å². The number of aliphatic imine (C=N–C) groups is 1. The molecule has 1 unspecified atom stereocenters. The first kappa shape index (κ1) is 23.2. The van der Waals surface area contributed by atoms with Gasteiger partial charge in [0.25, 0.3) is 0 Å². The Bertz CT molecular complexity index is 837. The highest BCUT2D eigenvalue weighted by molar-refractivity contribution is 6.29. The summed E-state index contributed by atoms with van der Waals surface area (Å²) in [7, 11) is 3.36. The van der Waals surface area contributed by atoms with Crippen molar-refractivity contribution in [2.75, 3.05) is 40.4 Å². The van der Waals surface area contributed by atoms with E-state index in [0.717, 1.165) is 62.0 Å². The van der Waals surface area contributed by atoms with Crippen LogP contribution in [0, 0.1) is 0 Å². The number of nitrogens with zero attached hydrogens (tertiary/aromatic N) is 3. The molecule has 1 atom stereocenters. The summed E-state index contributed by atoms with van der Waals surface area (Å²) < 4.78 is 10.8. The molecule has 8 heteroatoms. The molecule has 1 aliphatic heterocycles. The fourth-order valence-electron chi connectivity index (χ4n) is 3.67. The quantitative estimate of drug-likeness (QED) is 0.351. The van der Waals surface area contributed by atoms with Crippen molar-refractivity contribution in [3.05, 3.63) is 52.8 Å². The van der Waals surface area contributed by atoms with Crippen LogP contribution in [0.3, 0.4) is 0 Å². The second-order valence-corrected chi connectivity index (χ2v) is 7.97. The van der Waals surface area contributed by atoms with Crippen molar-refractivity contribution in [1.29, 1.82) is 0 Å². The van der Waals surface area contributed by atoms with E-state index in [1.165, 1.54) is 5.56 Å². The van der Waals surface area contributed by atoms with Gasteiger partial charge in [0.1, 0.15) is 16.7 Å². The third-order valence-electron chi connectivity index (χ3n) is 5.23. The number of nitrogens with one attached hydrogen (secondary N) is 2. The number of benzene rings is 1. The fraction of sp³-hybridized carbons (Fsp3) is 0.478. The van der Waals surface area contributed by atoms with E-state index in [2.05, 4.69) is 39.6 Å². The van der Waals surface area contributed by atoms with Gasteiger partial charge in [-0.25, -0.2) is 4.98 Å². The Kier molecular flexibility index (Phi) is 8.79. The lowest BCUT2D eigenvalue weighted by atomic mass is 10.2. The summed E-state index contributed by atoms with van der Waals surface area (Å²) in [4.78, 5) is 11.3. The normalized spacial score (nSPS) is 16.9. The lowest BCUT2D eigenvalue weighted by Crippen LogP contribution is -2.44. The van der Waals surface area contributed by atoms with Crippen molar-refractivity contribution < 1.29 is 9.47 Å². The van der Waals surface area contributed by atoms with Crippen LogP contribution in [0.2, 0.25) is 5.15 Å². The largest absolute Gasteiger partial charge is 0.497 e.